The normalized spacial score (nSPS) is 20.8. The molecular formula is C41H32O11. The van der Waals surface area contributed by atoms with Crippen LogP contribution in [0.5, 0.6) is 0 Å². The van der Waals surface area contributed by atoms with Crippen LogP contribution in [0.25, 0.3) is 0 Å². The minimum Gasteiger partial charge on any atom is -0.452 e. The fourth-order valence-electron chi connectivity index (χ4n) is 5.64. The standard InChI is InChI=1S/C41H32O11/c42-31-32(48-37(43)26-16-6-1-7-17-26)34(50-39(45)28-20-10-3-11-21-28)36(52-41(47)30-24-14-5-15-25-30)35(51-40(46)29-22-12-4-13-23-29)33(31)49-38(44)27-18-8-2-9-19-27/h1-25,31-36,42H. The lowest BCUT2D eigenvalue weighted by molar-refractivity contribution is -0.223. The molecule has 11 heteroatoms. The van der Waals surface area contributed by atoms with Crippen molar-refractivity contribution in [1.29, 1.82) is 0 Å². The molecule has 5 aromatic rings. The number of benzene rings is 5. The number of aliphatic hydroxyl groups is 1. The first-order valence-electron chi connectivity index (χ1n) is 16.3. The van der Waals surface area contributed by atoms with Gasteiger partial charge in [0.15, 0.2) is 30.5 Å². The Balaban J connectivity index is 1.47. The molecule has 6 rings (SSSR count). The zero-order valence-corrected chi connectivity index (χ0v) is 27.4. The van der Waals surface area contributed by atoms with Crippen molar-refractivity contribution in [2.45, 2.75) is 36.6 Å². The Kier molecular flexibility index (Phi) is 11.1. The van der Waals surface area contributed by atoms with Gasteiger partial charge in [0.05, 0.1) is 27.8 Å². The van der Waals surface area contributed by atoms with Gasteiger partial charge in [-0.3, -0.25) is 0 Å². The summed E-state index contributed by atoms with van der Waals surface area (Å²) in [5.41, 5.74) is 0.389. The van der Waals surface area contributed by atoms with E-state index in [4.69, 9.17) is 23.7 Å². The molecule has 4 atom stereocenters. The summed E-state index contributed by atoms with van der Waals surface area (Å²) in [5, 5.41) is 12.0. The lowest BCUT2D eigenvalue weighted by Gasteiger charge is -2.46. The molecular weight excluding hydrogens is 668 g/mol. The summed E-state index contributed by atoms with van der Waals surface area (Å²) in [6, 6.07) is 39.0. The van der Waals surface area contributed by atoms with E-state index in [9.17, 15) is 29.1 Å². The SMILES string of the molecule is O=C(OC1C(O)C(OC(=O)c2ccccc2)C(OC(=O)c2ccccc2)C(OC(=O)c2ccccc2)C1OC(=O)c1ccccc1)c1ccccc1. The van der Waals surface area contributed by atoms with Gasteiger partial charge in [-0.05, 0) is 60.7 Å². The monoisotopic (exact) mass is 700 g/mol. The third-order valence-corrected chi connectivity index (χ3v) is 8.23. The highest BCUT2D eigenvalue weighted by Gasteiger charge is 2.59. The van der Waals surface area contributed by atoms with E-state index in [2.05, 4.69) is 0 Å². The van der Waals surface area contributed by atoms with Crippen LogP contribution in [-0.2, 0) is 23.7 Å². The zero-order valence-electron chi connectivity index (χ0n) is 27.4. The van der Waals surface area contributed by atoms with E-state index in [1.807, 2.05) is 0 Å². The maximum absolute atomic E-state index is 13.7. The number of carbonyl (C=O) groups excluding carboxylic acids is 5. The summed E-state index contributed by atoms with van der Waals surface area (Å²) in [5.74, 6) is -4.69. The lowest BCUT2D eigenvalue weighted by Crippen LogP contribution is -2.68. The largest absolute Gasteiger partial charge is 0.452 e. The molecule has 11 nitrogen and oxygen atoms in total. The third-order valence-electron chi connectivity index (χ3n) is 8.23. The summed E-state index contributed by atoms with van der Waals surface area (Å²) >= 11 is 0. The average Bonchev–Trinajstić information content (AvgIpc) is 3.20. The van der Waals surface area contributed by atoms with Crippen LogP contribution in [0.15, 0.2) is 152 Å². The smallest absolute Gasteiger partial charge is 0.338 e. The fourth-order valence-corrected chi connectivity index (χ4v) is 5.64. The molecule has 0 amide bonds. The van der Waals surface area contributed by atoms with E-state index >= 15 is 0 Å². The Bertz CT molecular complexity index is 1870. The van der Waals surface area contributed by atoms with Crippen LogP contribution >= 0.6 is 0 Å². The van der Waals surface area contributed by atoms with Crippen molar-refractivity contribution in [3.63, 3.8) is 0 Å². The first-order valence-corrected chi connectivity index (χ1v) is 16.3. The van der Waals surface area contributed by atoms with Gasteiger partial charge in [-0.15, -0.1) is 0 Å². The van der Waals surface area contributed by atoms with Crippen molar-refractivity contribution in [1.82, 2.24) is 0 Å². The molecule has 52 heavy (non-hydrogen) atoms. The molecule has 1 fully saturated rings. The van der Waals surface area contributed by atoms with Gasteiger partial charge in [0.25, 0.3) is 0 Å². The highest BCUT2D eigenvalue weighted by atomic mass is 16.7. The number of carbonyl (C=O) groups is 5. The second-order valence-electron chi connectivity index (χ2n) is 11.7. The van der Waals surface area contributed by atoms with Gasteiger partial charge in [0.2, 0.25) is 0 Å². The predicted molar refractivity (Wildman–Crippen MR) is 184 cm³/mol. The Morgan fingerprint density at radius 1 is 0.308 bits per heavy atom. The van der Waals surface area contributed by atoms with Gasteiger partial charge >= 0.3 is 29.8 Å². The Morgan fingerprint density at radius 3 is 0.692 bits per heavy atom. The highest BCUT2D eigenvalue weighted by Crippen LogP contribution is 2.35. The molecule has 0 aliphatic heterocycles. The highest BCUT2D eigenvalue weighted by molar-refractivity contribution is 5.92. The minimum atomic E-state index is -1.99. The Hall–Kier alpha value is -6.59. The van der Waals surface area contributed by atoms with Crippen LogP contribution in [0, 0.1) is 0 Å². The average molecular weight is 701 g/mol. The summed E-state index contributed by atoms with van der Waals surface area (Å²) in [6.45, 7) is 0. The molecule has 0 bridgehead atoms. The number of aliphatic hydroxyl groups excluding tert-OH is 1. The molecule has 5 aromatic carbocycles. The maximum atomic E-state index is 13.7. The summed E-state index contributed by atoms with van der Waals surface area (Å²) in [6.07, 6.45) is -11.1. The molecule has 0 radical (unpaired) electrons. The zero-order chi connectivity index (χ0) is 36.5. The number of rotatable bonds is 10. The first kappa shape index (κ1) is 35.2. The van der Waals surface area contributed by atoms with Crippen molar-refractivity contribution >= 4 is 29.8 Å². The topological polar surface area (TPSA) is 152 Å². The van der Waals surface area contributed by atoms with Crippen LogP contribution in [0.2, 0.25) is 0 Å². The van der Waals surface area contributed by atoms with Crippen LogP contribution in [0.1, 0.15) is 51.8 Å². The Labute approximate surface area is 298 Å². The molecule has 4 unspecified atom stereocenters. The second-order valence-corrected chi connectivity index (χ2v) is 11.7. The summed E-state index contributed by atoms with van der Waals surface area (Å²) in [7, 11) is 0. The number of hydrogen-bond acceptors (Lipinski definition) is 11. The molecule has 0 spiro atoms. The molecule has 1 aliphatic carbocycles. The number of hydrogen-bond donors (Lipinski definition) is 1. The van der Waals surface area contributed by atoms with Crippen LogP contribution in [-0.4, -0.2) is 71.6 Å². The van der Waals surface area contributed by atoms with Gasteiger partial charge < -0.3 is 28.8 Å². The van der Waals surface area contributed by atoms with Crippen LogP contribution in [0.4, 0.5) is 0 Å². The third kappa shape index (κ3) is 8.23. The van der Waals surface area contributed by atoms with Crippen molar-refractivity contribution < 1.29 is 52.8 Å². The number of ether oxygens (including phenoxy) is 5. The second kappa shape index (κ2) is 16.4. The molecule has 1 aliphatic rings. The van der Waals surface area contributed by atoms with Crippen molar-refractivity contribution in [2.75, 3.05) is 0 Å². The van der Waals surface area contributed by atoms with E-state index in [0.29, 0.717) is 0 Å². The van der Waals surface area contributed by atoms with Gasteiger partial charge in [-0.25, -0.2) is 24.0 Å². The number of esters is 5. The lowest BCUT2D eigenvalue weighted by atomic mass is 9.83. The van der Waals surface area contributed by atoms with Gasteiger partial charge in [0, 0.05) is 0 Å². The van der Waals surface area contributed by atoms with E-state index in [-0.39, 0.29) is 27.8 Å². The van der Waals surface area contributed by atoms with E-state index in [1.165, 1.54) is 60.7 Å². The summed E-state index contributed by atoms with van der Waals surface area (Å²) in [4.78, 5) is 68.1. The molecule has 262 valence electrons. The Morgan fingerprint density at radius 2 is 0.481 bits per heavy atom. The molecule has 0 aromatic heterocycles. The van der Waals surface area contributed by atoms with Gasteiger partial charge in [-0.2, -0.15) is 0 Å². The van der Waals surface area contributed by atoms with Gasteiger partial charge in [-0.1, -0.05) is 91.0 Å². The van der Waals surface area contributed by atoms with Crippen molar-refractivity contribution in [2.24, 2.45) is 0 Å². The molecule has 1 saturated carbocycles. The fraction of sp³-hybridized carbons (Fsp3) is 0.146. The molecule has 1 N–H and O–H groups in total. The summed E-state index contributed by atoms with van der Waals surface area (Å²) < 4.78 is 29.5. The molecule has 0 saturated heterocycles. The van der Waals surface area contributed by atoms with E-state index in [1.54, 1.807) is 91.0 Å². The predicted octanol–water partition coefficient (Wildman–Crippen LogP) is 5.49. The van der Waals surface area contributed by atoms with Gasteiger partial charge in [0.1, 0.15) is 6.10 Å². The minimum absolute atomic E-state index is 0.0746. The van der Waals surface area contributed by atoms with Crippen molar-refractivity contribution in [3.8, 4) is 0 Å². The van der Waals surface area contributed by atoms with Crippen LogP contribution in [0.3, 0.4) is 0 Å². The molecule has 0 heterocycles. The van der Waals surface area contributed by atoms with Crippen LogP contribution < -0.4 is 0 Å². The van der Waals surface area contributed by atoms with E-state index in [0.717, 1.165) is 0 Å². The first-order chi connectivity index (χ1) is 25.3. The van der Waals surface area contributed by atoms with Crippen molar-refractivity contribution in [3.05, 3.63) is 179 Å². The quantitative estimate of drug-likeness (QED) is 0.146. The van der Waals surface area contributed by atoms with E-state index < -0.39 is 66.5 Å². The maximum Gasteiger partial charge on any atom is 0.338 e.